The van der Waals surface area contributed by atoms with Crippen molar-refractivity contribution in [2.24, 2.45) is 5.92 Å². The molecule has 3 rings (SSSR count). The van der Waals surface area contributed by atoms with Crippen molar-refractivity contribution >= 4 is 11.6 Å². The molecule has 5 heteroatoms. The maximum absolute atomic E-state index is 13.5. The molecule has 1 heterocycles. The van der Waals surface area contributed by atoms with Crippen LogP contribution in [0.5, 0.6) is 5.75 Å². The highest BCUT2D eigenvalue weighted by molar-refractivity contribution is 5.92. The summed E-state index contributed by atoms with van der Waals surface area (Å²) in [4.78, 5) is 12.0. The third-order valence-electron chi connectivity index (χ3n) is 3.91. The number of nitrogens with one attached hydrogen (secondary N) is 2. The monoisotopic (exact) mass is 314 g/mol. The van der Waals surface area contributed by atoms with E-state index in [-0.39, 0.29) is 24.2 Å². The maximum atomic E-state index is 13.5. The number of halogens is 1. The summed E-state index contributed by atoms with van der Waals surface area (Å²) >= 11 is 0. The van der Waals surface area contributed by atoms with E-state index in [4.69, 9.17) is 4.74 Å². The van der Waals surface area contributed by atoms with Crippen LogP contribution >= 0.6 is 0 Å². The van der Waals surface area contributed by atoms with Crippen LogP contribution < -0.4 is 15.4 Å². The lowest BCUT2D eigenvalue weighted by Gasteiger charge is -2.11. The Morgan fingerprint density at radius 3 is 2.70 bits per heavy atom. The van der Waals surface area contributed by atoms with Crippen molar-refractivity contribution in [1.29, 1.82) is 0 Å². The predicted octanol–water partition coefficient (Wildman–Crippen LogP) is 2.95. The molecule has 1 aliphatic heterocycles. The summed E-state index contributed by atoms with van der Waals surface area (Å²) in [5.41, 5.74) is 1.25. The Kier molecular flexibility index (Phi) is 4.88. The second-order valence-electron chi connectivity index (χ2n) is 5.58. The van der Waals surface area contributed by atoms with E-state index in [2.05, 4.69) is 10.6 Å². The van der Waals surface area contributed by atoms with Crippen molar-refractivity contribution in [1.82, 2.24) is 5.32 Å². The average molecular weight is 314 g/mol. The first-order chi connectivity index (χ1) is 11.2. The Morgan fingerprint density at radius 2 is 2.00 bits per heavy atom. The minimum Gasteiger partial charge on any atom is -0.489 e. The highest BCUT2D eigenvalue weighted by Crippen LogP contribution is 2.19. The van der Waals surface area contributed by atoms with Gasteiger partial charge in [0.05, 0.1) is 5.92 Å². The first-order valence-corrected chi connectivity index (χ1v) is 7.70. The van der Waals surface area contributed by atoms with Gasteiger partial charge in [0.1, 0.15) is 18.2 Å². The molecule has 0 radical (unpaired) electrons. The van der Waals surface area contributed by atoms with Crippen molar-refractivity contribution in [2.75, 3.05) is 18.4 Å². The van der Waals surface area contributed by atoms with Crippen LogP contribution in [0.1, 0.15) is 12.0 Å². The highest BCUT2D eigenvalue weighted by Gasteiger charge is 2.22. The number of benzene rings is 2. The SMILES string of the molecule is O=C(Nc1ccc(OCc2ccccc2F)cc1)C1CCNC1. The van der Waals surface area contributed by atoms with E-state index >= 15 is 0 Å². The topological polar surface area (TPSA) is 50.4 Å². The van der Waals surface area contributed by atoms with Crippen LogP contribution in [0.3, 0.4) is 0 Å². The fourth-order valence-corrected chi connectivity index (χ4v) is 2.53. The summed E-state index contributed by atoms with van der Waals surface area (Å²) < 4.78 is 19.1. The number of carbonyl (C=O) groups is 1. The van der Waals surface area contributed by atoms with Crippen LogP contribution in [0.25, 0.3) is 0 Å². The van der Waals surface area contributed by atoms with Gasteiger partial charge in [0.15, 0.2) is 0 Å². The van der Waals surface area contributed by atoms with Gasteiger partial charge in [0, 0.05) is 17.8 Å². The molecule has 2 aromatic carbocycles. The summed E-state index contributed by atoms with van der Waals surface area (Å²) in [5.74, 6) is 0.428. The van der Waals surface area contributed by atoms with Gasteiger partial charge in [-0.2, -0.15) is 0 Å². The van der Waals surface area contributed by atoms with Crippen LogP contribution in [-0.4, -0.2) is 19.0 Å². The lowest BCUT2D eigenvalue weighted by atomic mass is 10.1. The molecule has 2 aromatic rings. The van der Waals surface area contributed by atoms with Crippen LogP contribution in [0.2, 0.25) is 0 Å². The third kappa shape index (κ3) is 4.07. The number of carbonyl (C=O) groups excluding carboxylic acids is 1. The summed E-state index contributed by atoms with van der Waals surface area (Å²) in [6.45, 7) is 1.79. The minimum absolute atomic E-state index is 0.0342. The molecule has 4 nitrogen and oxygen atoms in total. The Bertz CT molecular complexity index is 667. The van der Waals surface area contributed by atoms with Crippen LogP contribution in [-0.2, 0) is 11.4 Å². The second kappa shape index (κ2) is 7.24. The summed E-state index contributed by atoms with van der Waals surface area (Å²) in [5, 5.41) is 6.07. The zero-order chi connectivity index (χ0) is 16.1. The second-order valence-corrected chi connectivity index (χ2v) is 5.58. The van der Waals surface area contributed by atoms with E-state index in [9.17, 15) is 9.18 Å². The van der Waals surface area contributed by atoms with Gasteiger partial charge in [-0.25, -0.2) is 4.39 Å². The molecule has 1 aliphatic rings. The molecule has 0 aliphatic carbocycles. The molecule has 23 heavy (non-hydrogen) atoms. The molecule has 1 amide bonds. The van der Waals surface area contributed by atoms with Crippen molar-refractivity contribution < 1.29 is 13.9 Å². The number of amides is 1. The van der Waals surface area contributed by atoms with Gasteiger partial charge in [0.25, 0.3) is 0 Å². The number of ether oxygens (including phenoxy) is 1. The molecule has 0 bridgehead atoms. The van der Waals surface area contributed by atoms with Gasteiger partial charge in [-0.1, -0.05) is 18.2 Å². The zero-order valence-corrected chi connectivity index (χ0v) is 12.7. The van der Waals surface area contributed by atoms with Crippen molar-refractivity contribution in [3.63, 3.8) is 0 Å². The number of rotatable bonds is 5. The van der Waals surface area contributed by atoms with E-state index in [0.29, 0.717) is 11.3 Å². The van der Waals surface area contributed by atoms with Gasteiger partial charge >= 0.3 is 0 Å². The van der Waals surface area contributed by atoms with E-state index in [1.807, 2.05) is 0 Å². The van der Waals surface area contributed by atoms with Crippen LogP contribution in [0.15, 0.2) is 48.5 Å². The first-order valence-electron chi connectivity index (χ1n) is 7.70. The number of hydrogen-bond donors (Lipinski definition) is 2. The molecule has 1 saturated heterocycles. The van der Waals surface area contributed by atoms with Crippen molar-refractivity contribution in [3.05, 3.63) is 59.9 Å². The summed E-state index contributed by atoms with van der Waals surface area (Å²) in [6.07, 6.45) is 0.871. The lowest BCUT2D eigenvalue weighted by Crippen LogP contribution is -2.24. The quantitative estimate of drug-likeness (QED) is 0.892. The fourth-order valence-electron chi connectivity index (χ4n) is 2.53. The lowest BCUT2D eigenvalue weighted by molar-refractivity contribution is -0.119. The van der Waals surface area contributed by atoms with E-state index in [0.717, 1.165) is 25.2 Å². The van der Waals surface area contributed by atoms with Crippen LogP contribution in [0.4, 0.5) is 10.1 Å². The standard InChI is InChI=1S/C18H19FN2O2/c19-17-4-2-1-3-14(17)12-23-16-7-5-15(6-8-16)21-18(22)13-9-10-20-11-13/h1-8,13,20H,9-12H2,(H,21,22). The average Bonchev–Trinajstić information content (AvgIpc) is 3.10. The maximum Gasteiger partial charge on any atom is 0.228 e. The molecule has 1 fully saturated rings. The molecule has 0 saturated carbocycles. The van der Waals surface area contributed by atoms with Gasteiger partial charge in [0.2, 0.25) is 5.91 Å². The molecule has 120 valence electrons. The van der Waals surface area contributed by atoms with Crippen LogP contribution in [0, 0.1) is 11.7 Å². The van der Waals surface area contributed by atoms with E-state index < -0.39 is 0 Å². The Balaban J connectivity index is 1.54. The van der Waals surface area contributed by atoms with Crippen molar-refractivity contribution in [2.45, 2.75) is 13.0 Å². The summed E-state index contributed by atoms with van der Waals surface area (Å²) in [6, 6.07) is 13.6. The largest absolute Gasteiger partial charge is 0.489 e. The number of anilines is 1. The molecular weight excluding hydrogens is 295 g/mol. The molecular formula is C18H19FN2O2. The van der Waals surface area contributed by atoms with E-state index in [1.165, 1.54) is 6.07 Å². The summed E-state index contributed by atoms with van der Waals surface area (Å²) in [7, 11) is 0. The minimum atomic E-state index is -0.276. The zero-order valence-electron chi connectivity index (χ0n) is 12.7. The molecule has 1 unspecified atom stereocenters. The van der Waals surface area contributed by atoms with E-state index in [1.54, 1.807) is 42.5 Å². The highest BCUT2D eigenvalue weighted by atomic mass is 19.1. The molecule has 2 N–H and O–H groups in total. The Hall–Kier alpha value is -2.40. The number of hydrogen-bond acceptors (Lipinski definition) is 3. The fraction of sp³-hybridized carbons (Fsp3) is 0.278. The Labute approximate surface area is 134 Å². The molecule has 1 atom stereocenters. The first kappa shape index (κ1) is 15.5. The molecule has 0 spiro atoms. The van der Waals surface area contributed by atoms with Crippen molar-refractivity contribution in [3.8, 4) is 5.75 Å². The van der Waals surface area contributed by atoms with Gasteiger partial charge < -0.3 is 15.4 Å². The third-order valence-corrected chi connectivity index (χ3v) is 3.91. The van der Waals surface area contributed by atoms with Gasteiger partial charge in [-0.3, -0.25) is 4.79 Å². The van der Waals surface area contributed by atoms with Gasteiger partial charge in [-0.15, -0.1) is 0 Å². The smallest absolute Gasteiger partial charge is 0.228 e. The van der Waals surface area contributed by atoms with Gasteiger partial charge in [-0.05, 0) is 43.3 Å². The normalized spacial score (nSPS) is 17.0. The molecule has 0 aromatic heterocycles. The predicted molar refractivity (Wildman–Crippen MR) is 86.8 cm³/mol. The Morgan fingerprint density at radius 1 is 1.22 bits per heavy atom.